The van der Waals surface area contributed by atoms with Gasteiger partial charge in [0.05, 0.1) is 0 Å². The number of rotatable bonds is 0. The number of hydrogen-bond acceptors (Lipinski definition) is 8. The van der Waals surface area contributed by atoms with Crippen LogP contribution in [0.1, 0.15) is 0 Å². The molecule has 0 rings (SSSR count). The van der Waals surface area contributed by atoms with Crippen LogP contribution in [0.25, 0.3) is 0 Å². The van der Waals surface area contributed by atoms with Gasteiger partial charge in [-0.05, 0) is 0 Å². The van der Waals surface area contributed by atoms with Gasteiger partial charge in [0.15, 0.2) is 0 Å². The Kier molecular flexibility index (Phi) is 38.7. The van der Waals surface area contributed by atoms with Gasteiger partial charge in [-0.3, -0.25) is 0 Å². The van der Waals surface area contributed by atoms with Crippen molar-refractivity contribution in [1.29, 1.82) is 0 Å². The molecular formula is H2O9P2Zn3. The molecule has 14 heavy (non-hydrogen) atoms. The molecule has 0 aromatic heterocycles. The molecule has 0 aliphatic heterocycles. The maximum absolute atomic E-state index is 8.55. The van der Waals surface area contributed by atoms with Crippen LogP contribution in [0.3, 0.4) is 0 Å². The zero-order valence-electron chi connectivity index (χ0n) is 6.78. The predicted molar refractivity (Wildman–Crippen MR) is 18.8 cm³/mol. The van der Waals surface area contributed by atoms with Gasteiger partial charge >= 0.3 is 58.4 Å². The fourth-order valence-electron chi connectivity index (χ4n) is 0. The minimum atomic E-state index is -5.39. The minimum absolute atomic E-state index is 0. The molecule has 0 bridgehead atoms. The first-order valence-corrected chi connectivity index (χ1v) is 4.38. The molecular weight excluding hydrogens is 402 g/mol. The van der Waals surface area contributed by atoms with Crippen molar-refractivity contribution < 1.29 is 102 Å². The SMILES string of the molecule is O.O=P([O-])([O-])[O-].O=P([O-])([O-])[O-].[Zn+2].[Zn+2].[Zn+2]. The van der Waals surface area contributed by atoms with Crippen LogP contribution in [0, 0.1) is 0 Å². The van der Waals surface area contributed by atoms with Crippen LogP contribution in [-0.2, 0) is 67.6 Å². The summed E-state index contributed by atoms with van der Waals surface area (Å²) in [5, 5.41) is 0. The van der Waals surface area contributed by atoms with Gasteiger partial charge in [0.1, 0.15) is 0 Å². The summed E-state index contributed by atoms with van der Waals surface area (Å²) in [6.45, 7) is 0. The molecule has 0 unspecified atom stereocenters. The first-order chi connectivity index (χ1) is 4.00. The average molecular weight is 404 g/mol. The van der Waals surface area contributed by atoms with Gasteiger partial charge in [0.2, 0.25) is 0 Å². The quantitative estimate of drug-likeness (QED) is 0.280. The maximum atomic E-state index is 8.55. The molecule has 0 atom stereocenters. The van der Waals surface area contributed by atoms with Crippen LogP contribution in [0.5, 0.6) is 0 Å². The van der Waals surface area contributed by atoms with Crippen molar-refractivity contribution in [3.63, 3.8) is 0 Å². The Morgan fingerprint density at radius 2 is 0.571 bits per heavy atom. The largest absolute Gasteiger partial charge is 2.00 e. The molecule has 0 aromatic rings. The second-order valence-corrected chi connectivity index (χ2v) is 2.68. The van der Waals surface area contributed by atoms with E-state index in [2.05, 4.69) is 0 Å². The normalized spacial score (nSPS) is 8.43. The van der Waals surface area contributed by atoms with E-state index in [4.69, 9.17) is 38.5 Å². The Balaban J connectivity index is -0.0000000178. The van der Waals surface area contributed by atoms with Gasteiger partial charge in [0.25, 0.3) is 0 Å². The third kappa shape index (κ3) is 569. The minimum Gasteiger partial charge on any atom is -0.822 e. The zero-order chi connectivity index (χ0) is 9.00. The molecule has 0 aromatic carbocycles. The van der Waals surface area contributed by atoms with Crippen molar-refractivity contribution in [3.8, 4) is 0 Å². The molecule has 0 amide bonds. The zero-order valence-corrected chi connectivity index (χ0v) is 17.5. The molecule has 0 aliphatic carbocycles. The van der Waals surface area contributed by atoms with Crippen molar-refractivity contribution in [2.45, 2.75) is 0 Å². The topological polar surface area (TPSA) is 204 Å². The molecule has 9 nitrogen and oxygen atoms in total. The Labute approximate surface area is 117 Å². The van der Waals surface area contributed by atoms with Crippen LogP contribution in [0.4, 0.5) is 0 Å². The van der Waals surface area contributed by atoms with E-state index in [1.54, 1.807) is 0 Å². The Morgan fingerprint density at radius 3 is 0.571 bits per heavy atom. The standard InChI is InChI=1S/2H3O4P.H2O.3Zn/c2*1-5(2,3)4;;;;/h2*(H3,1,2,3,4);1H2;;;/q;;;3*+2/p-6. The van der Waals surface area contributed by atoms with E-state index in [1.807, 2.05) is 0 Å². The smallest absolute Gasteiger partial charge is 0.822 e. The summed E-state index contributed by atoms with van der Waals surface area (Å²) in [4.78, 5) is 51.3. The second kappa shape index (κ2) is 15.1. The number of hydrogen-bond donors (Lipinski definition) is 0. The summed E-state index contributed by atoms with van der Waals surface area (Å²) in [6.07, 6.45) is 0. The third-order valence-electron chi connectivity index (χ3n) is 0. The van der Waals surface area contributed by atoms with E-state index in [9.17, 15) is 0 Å². The van der Waals surface area contributed by atoms with Crippen LogP contribution >= 0.6 is 15.6 Å². The van der Waals surface area contributed by atoms with Gasteiger partial charge < -0.3 is 44.0 Å². The van der Waals surface area contributed by atoms with E-state index < -0.39 is 15.6 Å². The van der Waals surface area contributed by atoms with Gasteiger partial charge in [-0.25, -0.2) is 0 Å². The molecule has 0 radical (unpaired) electrons. The van der Waals surface area contributed by atoms with Crippen LogP contribution in [0.15, 0.2) is 0 Å². The van der Waals surface area contributed by atoms with Gasteiger partial charge in [-0.2, -0.15) is 15.6 Å². The number of phosphoric acid groups is 2. The maximum Gasteiger partial charge on any atom is 2.00 e. The van der Waals surface area contributed by atoms with Crippen molar-refractivity contribution in [1.82, 2.24) is 0 Å². The molecule has 0 heterocycles. The molecule has 0 spiro atoms. The molecule has 0 fully saturated rings. The van der Waals surface area contributed by atoms with Crippen molar-refractivity contribution in [2.24, 2.45) is 0 Å². The molecule has 14 heteroatoms. The van der Waals surface area contributed by atoms with Gasteiger partial charge in [0, 0.05) is 0 Å². The van der Waals surface area contributed by atoms with E-state index in [0.717, 1.165) is 0 Å². The van der Waals surface area contributed by atoms with Crippen molar-refractivity contribution in [2.75, 3.05) is 0 Å². The van der Waals surface area contributed by atoms with E-state index in [1.165, 1.54) is 0 Å². The Morgan fingerprint density at radius 1 is 0.571 bits per heavy atom. The monoisotopic (exact) mass is 400 g/mol. The molecule has 72 valence electrons. The van der Waals surface area contributed by atoms with Gasteiger partial charge in [-0.15, -0.1) is 0 Å². The predicted octanol–water partition coefficient (Wildman–Crippen LogP) is -6.48. The summed E-state index contributed by atoms with van der Waals surface area (Å²) in [7, 11) is -10.8. The molecule has 2 N–H and O–H groups in total. The van der Waals surface area contributed by atoms with Gasteiger partial charge in [-0.1, -0.05) is 0 Å². The van der Waals surface area contributed by atoms with Crippen molar-refractivity contribution in [3.05, 3.63) is 0 Å². The molecule has 0 aliphatic rings. The van der Waals surface area contributed by atoms with Crippen LogP contribution in [0.2, 0.25) is 0 Å². The fourth-order valence-corrected chi connectivity index (χ4v) is 0. The summed E-state index contributed by atoms with van der Waals surface area (Å²) < 4.78 is 17.1. The third-order valence-corrected chi connectivity index (χ3v) is 0. The Bertz CT molecular complexity index is 130. The summed E-state index contributed by atoms with van der Waals surface area (Å²) in [5.41, 5.74) is 0. The summed E-state index contributed by atoms with van der Waals surface area (Å²) in [5.74, 6) is 0. The molecule has 0 saturated carbocycles. The first-order valence-electron chi connectivity index (χ1n) is 1.46. The summed E-state index contributed by atoms with van der Waals surface area (Å²) in [6, 6.07) is 0. The van der Waals surface area contributed by atoms with E-state index in [-0.39, 0.29) is 63.9 Å². The molecule has 0 saturated heterocycles. The van der Waals surface area contributed by atoms with E-state index in [0.29, 0.717) is 0 Å². The van der Waals surface area contributed by atoms with Crippen LogP contribution < -0.4 is 29.4 Å². The Hall–Kier alpha value is 2.05. The average Bonchev–Trinajstić information content (AvgIpc) is 1.12. The summed E-state index contributed by atoms with van der Waals surface area (Å²) >= 11 is 0. The first kappa shape index (κ1) is 36.0. The second-order valence-electron chi connectivity index (χ2n) is 0.894. The van der Waals surface area contributed by atoms with E-state index >= 15 is 0 Å². The fraction of sp³-hybridized carbons (Fsp3) is 0. The van der Waals surface area contributed by atoms with Crippen molar-refractivity contribution >= 4 is 15.6 Å². The van der Waals surface area contributed by atoms with Crippen LogP contribution in [-0.4, -0.2) is 5.48 Å².